The summed E-state index contributed by atoms with van der Waals surface area (Å²) in [6, 6.07) is 0.0586. The van der Waals surface area contributed by atoms with Gasteiger partial charge < -0.3 is 0 Å². The topological polar surface area (TPSA) is 20.3 Å². The largest absolute Gasteiger partial charge is 0.298 e. The van der Waals surface area contributed by atoms with Crippen LogP contribution in [0.25, 0.3) is 0 Å². The highest BCUT2D eigenvalue weighted by Gasteiger charge is 2.32. The number of thiol groups is 1. The van der Waals surface area contributed by atoms with Crippen LogP contribution in [0, 0.1) is 0 Å². The molecule has 3 heteroatoms. The summed E-state index contributed by atoms with van der Waals surface area (Å²) in [5, 5.41) is 0.252. The van der Waals surface area contributed by atoms with Crippen molar-refractivity contribution in [3.63, 3.8) is 0 Å². The van der Waals surface area contributed by atoms with Crippen LogP contribution in [0.3, 0.4) is 0 Å². The first-order chi connectivity index (χ1) is 4.63. The van der Waals surface area contributed by atoms with Crippen molar-refractivity contribution in [1.29, 1.82) is 0 Å². The second-order valence-electron chi connectivity index (χ2n) is 2.89. The molecule has 0 N–H and O–H groups in total. The Bertz CT molecular complexity index is 139. The first-order valence-corrected chi connectivity index (χ1v) is 4.03. The predicted molar refractivity (Wildman–Crippen MR) is 44.5 cm³/mol. The number of carbonyl (C=O) groups is 1. The van der Waals surface area contributed by atoms with E-state index in [-0.39, 0.29) is 17.1 Å². The van der Waals surface area contributed by atoms with Gasteiger partial charge in [-0.2, -0.15) is 12.6 Å². The summed E-state index contributed by atoms with van der Waals surface area (Å²) in [6.45, 7) is 2.63. The maximum Gasteiger partial charge on any atom is 0.148 e. The summed E-state index contributed by atoms with van der Waals surface area (Å²) in [5.74, 6) is 0.236. The van der Waals surface area contributed by atoms with E-state index in [4.69, 9.17) is 0 Å². The van der Waals surface area contributed by atoms with Gasteiger partial charge in [0, 0.05) is 5.25 Å². The first-order valence-electron chi connectivity index (χ1n) is 3.51. The molecule has 2 atom stereocenters. The lowest BCUT2D eigenvalue weighted by atomic mass is 10.1. The van der Waals surface area contributed by atoms with Crippen LogP contribution in [-0.4, -0.2) is 35.6 Å². The minimum absolute atomic E-state index is 0.0586. The van der Waals surface area contributed by atoms with Crippen LogP contribution in [0.2, 0.25) is 0 Å². The molecule has 0 saturated carbocycles. The van der Waals surface area contributed by atoms with Crippen molar-refractivity contribution < 1.29 is 4.79 Å². The second kappa shape index (κ2) is 2.93. The van der Waals surface area contributed by atoms with Gasteiger partial charge in [0.2, 0.25) is 0 Å². The van der Waals surface area contributed by atoms with Crippen LogP contribution in [-0.2, 0) is 4.79 Å². The lowest BCUT2D eigenvalue weighted by molar-refractivity contribution is -0.120. The van der Waals surface area contributed by atoms with E-state index >= 15 is 0 Å². The second-order valence-corrected chi connectivity index (χ2v) is 3.56. The van der Waals surface area contributed by atoms with Crippen LogP contribution < -0.4 is 0 Å². The standard InChI is InChI=1S/C7H13NOS/c1-5(9)7-6(10)3-4-8(7)2/h6-7,10H,3-4H2,1-2H3. The van der Waals surface area contributed by atoms with E-state index in [1.807, 2.05) is 7.05 Å². The molecule has 1 aliphatic rings. The number of ketones is 1. The van der Waals surface area contributed by atoms with E-state index in [2.05, 4.69) is 17.5 Å². The highest BCUT2D eigenvalue weighted by atomic mass is 32.1. The summed E-state index contributed by atoms with van der Waals surface area (Å²) in [5.41, 5.74) is 0. The van der Waals surface area contributed by atoms with Crippen molar-refractivity contribution in [3.8, 4) is 0 Å². The first kappa shape index (κ1) is 8.08. The fourth-order valence-electron chi connectivity index (χ4n) is 1.51. The Kier molecular flexibility index (Phi) is 2.36. The number of hydrogen-bond acceptors (Lipinski definition) is 3. The monoisotopic (exact) mass is 159 g/mol. The van der Waals surface area contributed by atoms with E-state index in [1.165, 1.54) is 0 Å². The number of likely N-dealkylation sites (tertiary alicyclic amines) is 1. The molecule has 0 aliphatic carbocycles. The molecule has 0 amide bonds. The minimum Gasteiger partial charge on any atom is -0.298 e. The summed E-state index contributed by atoms with van der Waals surface area (Å²) in [7, 11) is 1.97. The van der Waals surface area contributed by atoms with Crippen LogP contribution in [0.5, 0.6) is 0 Å². The van der Waals surface area contributed by atoms with E-state index in [0.717, 1.165) is 13.0 Å². The summed E-state index contributed by atoms with van der Waals surface area (Å²) in [6.07, 6.45) is 1.03. The van der Waals surface area contributed by atoms with Gasteiger partial charge in [-0.05, 0) is 26.9 Å². The van der Waals surface area contributed by atoms with Crippen molar-refractivity contribution in [1.82, 2.24) is 4.90 Å². The van der Waals surface area contributed by atoms with Gasteiger partial charge >= 0.3 is 0 Å². The zero-order valence-corrected chi connectivity index (χ0v) is 7.27. The zero-order chi connectivity index (χ0) is 7.72. The molecular formula is C7H13NOS. The van der Waals surface area contributed by atoms with E-state index in [9.17, 15) is 4.79 Å². The molecule has 10 heavy (non-hydrogen) atoms. The molecule has 1 aliphatic heterocycles. The number of likely N-dealkylation sites (N-methyl/N-ethyl adjacent to an activating group) is 1. The van der Waals surface area contributed by atoms with Crippen LogP contribution in [0.1, 0.15) is 13.3 Å². The minimum atomic E-state index is 0.0586. The lowest BCUT2D eigenvalue weighted by Gasteiger charge is -2.18. The molecule has 1 rings (SSSR count). The Morgan fingerprint density at radius 2 is 2.30 bits per heavy atom. The van der Waals surface area contributed by atoms with Crippen LogP contribution >= 0.6 is 12.6 Å². The molecular weight excluding hydrogens is 146 g/mol. The molecule has 2 nitrogen and oxygen atoms in total. The van der Waals surface area contributed by atoms with Gasteiger partial charge in [0.1, 0.15) is 5.78 Å². The number of carbonyl (C=O) groups excluding carboxylic acids is 1. The molecule has 0 bridgehead atoms. The molecule has 0 aromatic heterocycles. The summed E-state index contributed by atoms with van der Waals surface area (Å²) >= 11 is 4.32. The molecule has 0 aromatic rings. The number of Topliss-reactive ketones (excluding diaryl/α,β-unsaturated/α-hetero) is 1. The van der Waals surface area contributed by atoms with Crippen molar-refractivity contribution in [2.75, 3.05) is 13.6 Å². The Balaban J connectivity index is 2.63. The summed E-state index contributed by atoms with van der Waals surface area (Å²) in [4.78, 5) is 13.0. The fraction of sp³-hybridized carbons (Fsp3) is 0.857. The van der Waals surface area contributed by atoms with E-state index in [0.29, 0.717) is 0 Å². The van der Waals surface area contributed by atoms with Gasteiger partial charge in [-0.3, -0.25) is 9.69 Å². The number of rotatable bonds is 1. The fourth-order valence-corrected chi connectivity index (χ4v) is 2.06. The Labute approximate surface area is 67.0 Å². The van der Waals surface area contributed by atoms with Gasteiger partial charge in [0.25, 0.3) is 0 Å². The Morgan fingerprint density at radius 1 is 1.70 bits per heavy atom. The molecule has 58 valence electrons. The molecule has 0 spiro atoms. The third kappa shape index (κ3) is 1.35. The van der Waals surface area contributed by atoms with Crippen molar-refractivity contribution in [2.45, 2.75) is 24.6 Å². The van der Waals surface area contributed by atoms with Crippen LogP contribution in [0.4, 0.5) is 0 Å². The normalized spacial score (nSPS) is 34.7. The highest BCUT2D eigenvalue weighted by Crippen LogP contribution is 2.21. The van der Waals surface area contributed by atoms with E-state index < -0.39 is 0 Å². The smallest absolute Gasteiger partial charge is 0.148 e. The Hall–Kier alpha value is -0.0200. The lowest BCUT2D eigenvalue weighted by Crippen LogP contribution is -2.36. The maximum atomic E-state index is 11.0. The molecule has 0 aromatic carbocycles. The average Bonchev–Trinajstić information content (AvgIpc) is 2.11. The van der Waals surface area contributed by atoms with Crippen molar-refractivity contribution in [3.05, 3.63) is 0 Å². The van der Waals surface area contributed by atoms with Crippen molar-refractivity contribution in [2.24, 2.45) is 0 Å². The molecule has 1 heterocycles. The molecule has 1 saturated heterocycles. The van der Waals surface area contributed by atoms with E-state index in [1.54, 1.807) is 6.92 Å². The van der Waals surface area contributed by atoms with Gasteiger partial charge in [-0.15, -0.1) is 0 Å². The molecule has 2 unspecified atom stereocenters. The predicted octanol–water partition coefficient (Wildman–Crippen LogP) is 0.578. The SMILES string of the molecule is CC(=O)C1C(S)CCN1C. The van der Waals surface area contributed by atoms with Gasteiger partial charge in [-0.25, -0.2) is 0 Å². The third-order valence-electron chi connectivity index (χ3n) is 2.03. The number of nitrogens with zero attached hydrogens (tertiary/aromatic N) is 1. The quantitative estimate of drug-likeness (QED) is 0.565. The van der Waals surface area contributed by atoms with Crippen LogP contribution in [0.15, 0.2) is 0 Å². The van der Waals surface area contributed by atoms with Gasteiger partial charge in [0.05, 0.1) is 6.04 Å². The average molecular weight is 159 g/mol. The zero-order valence-electron chi connectivity index (χ0n) is 6.37. The number of hydrogen-bond donors (Lipinski definition) is 1. The maximum absolute atomic E-state index is 11.0. The van der Waals surface area contributed by atoms with Gasteiger partial charge in [-0.1, -0.05) is 0 Å². The third-order valence-corrected chi connectivity index (χ3v) is 2.57. The van der Waals surface area contributed by atoms with Gasteiger partial charge in [0.15, 0.2) is 0 Å². The van der Waals surface area contributed by atoms with Crippen molar-refractivity contribution >= 4 is 18.4 Å². The molecule has 1 fully saturated rings. The summed E-state index contributed by atoms with van der Waals surface area (Å²) < 4.78 is 0. The Morgan fingerprint density at radius 3 is 2.50 bits per heavy atom. The molecule has 0 radical (unpaired) electrons. The highest BCUT2D eigenvalue weighted by molar-refractivity contribution is 7.81.